The van der Waals surface area contributed by atoms with Crippen LogP contribution in [-0.2, 0) is 29.9 Å². The van der Waals surface area contributed by atoms with Crippen molar-refractivity contribution in [2.24, 2.45) is 0 Å². The van der Waals surface area contributed by atoms with E-state index >= 15 is 0 Å². The van der Waals surface area contributed by atoms with Crippen LogP contribution >= 0.6 is 15.8 Å². The van der Waals surface area contributed by atoms with Crippen LogP contribution in [0.15, 0.2) is 121 Å². The molecule has 4 atom stereocenters. The van der Waals surface area contributed by atoms with E-state index in [1.54, 1.807) is 12.1 Å². The van der Waals surface area contributed by atoms with Gasteiger partial charge in [-0.25, -0.2) is 0 Å². The molecule has 0 amide bonds. The SMILES string of the molecule is CC#N.CC#N.Cc1cc(C)cc([PH+](C[C@@H]2Cc3ccccc3[C@@H]([C@H]3N[C@H](C[PH+](c4cc(C)cc(C)c4)c4cc(C)cc(C)c4)Cc4ccccc43)N2)c2cc(C)cc(C)c2)c1.[Fe+2]. The van der Waals surface area contributed by atoms with Crippen LogP contribution in [0.4, 0.5) is 0 Å². The van der Waals surface area contributed by atoms with Crippen LogP contribution in [0.3, 0.4) is 0 Å². The van der Waals surface area contributed by atoms with E-state index in [2.05, 4.69) is 187 Å². The molecule has 0 aliphatic carbocycles. The zero-order chi connectivity index (χ0) is 44.5. The van der Waals surface area contributed by atoms with Gasteiger partial charge < -0.3 is 10.6 Å². The maximum atomic E-state index is 7.32. The van der Waals surface area contributed by atoms with E-state index in [1.165, 1.54) is 102 Å². The van der Waals surface area contributed by atoms with Crippen LogP contribution in [0.2, 0.25) is 0 Å². The van der Waals surface area contributed by atoms with E-state index in [0.717, 1.165) is 25.2 Å². The van der Waals surface area contributed by atoms with Crippen LogP contribution in [-0.4, -0.2) is 24.4 Å². The molecule has 0 aromatic heterocycles. The second-order valence-corrected chi connectivity index (χ2v) is 22.8. The van der Waals surface area contributed by atoms with Gasteiger partial charge in [-0.3, -0.25) is 0 Å². The minimum absolute atomic E-state index is 0. The molecule has 4 nitrogen and oxygen atoms in total. The summed E-state index contributed by atoms with van der Waals surface area (Å²) < 4.78 is 0. The largest absolute Gasteiger partial charge is 2.00 e. The molecule has 0 bridgehead atoms. The number of nitriles is 2. The van der Waals surface area contributed by atoms with Crippen molar-refractivity contribution in [2.75, 3.05) is 12.3 Å². The van der Waals surface area contributed by atoms with Crippen molar-refractivity contribution in [3.05, 3.63) is 188 Å². The van der Waals surface area contributed by atoms with Gasteiger partial charge in [0.15, 0.2) is 0 Å². The van der Waals surface area contributed by atoms with E-state index in [1.807, 2.05) is 0 Å². The maximum absolute atomic E-state index is 7.32. The number of nitrogens with zero attached hydrogens (tertiary/aromatic N) is 2. The summed E-state index contributed by atoms with van der Waals surface area (Å²) >= 11 is 0. The molecule has 324 valence electrons. The van der Waals surface area contributed by atoms with Gasteiger partial charge in [-0.1, -0.05) is 72.8 Å². The summed E-state index contributed by atoms with van der Waals surface area (Å²) in [4.78, 5) is 0. The number of fused-ring (bicyclic) bond motifs is 2. The number of hydrogen-bond donors (Lipinski definition) is 2. The Morgan fingerprint density at radius 1 is 0.444 bits per heavy atom. The third-order valence-corrected chi connectivity index (χ3v) is 17.8. The van der Waals surface area contributed by atoms with Gasteiger partial charge in [0.05, 0.1) is 73.6 Å². The van der Waals surface area contributed by atoms with Crippen LogP contribution in [0, 0.1) is 78.1 Å². The first kappa shape index (κ1) is 49.6. The number of benzene rings is 6. The summed E-state index contributed by atoms with van der Waals surface area (Å²) in [5, 5.41) is 29.5. The van der Waals surface area contributed by atoms with Gasteiger partial charge >= 0.3 is 17.1 Å². The first-order valence-electron chi connectivity index (χ1n) is 22.1. The van der Waals surface area contributed by atoms with E-state index in [4.69, 9.17) is 10.5 Å². The summed E-state index contributed by atoms with van der Waals surface area (Å²) in [6, 6.07) is 52.3. The summed E-state index contributed by atoms with van der Waals surface area (Å²) in [5.74, 6) is 0. The summed E-state index contributed by atoms with van der Waals surface area (Å²) in [7, 11) is -2.16. The molecule has 0 radical (unpaired) electrons. The van der Waals surface area contributed by atoms with E-state index in [9.17, 15) is 0 Å². The number of hydrogen-bond acceptors (Lipinski definition) is 4. The maximum Gasteiger partial charge on any atom is 2.00 e. The molecular formula is C56H66FeN4P2+4. The van der Waals surface area contributed by atoms with E-state index < -0.39 is 15.8 Å². The Kier molecular flexibility index (Phi) is 18.1. The second-order valence-electron chi connectivity index (χ2n) is 17.8. The van der Waals surface area contributed by atoms with Crippen molar-refractivity contribution in [1.29, 1.82) is 10.5 Å². The van der Waals surface area contributed by atoms with Gasteiger partial charge in [0.2, 0.25) is 0 Å². The Balaban J connectivity index is 0.00000101. The van der Waals surface area contributed by atoms with Crippen LogP contribution in [0.5, 0.6) is 0 Å². The molecule has 6 aromatic carbocycles. The van der Waals surface area contributed by atoms with Gasteiger partial charge in [0.1, 0.15) is 0 Å². The van der Waals surface area contributed by atoms with Gasteiger partial charge in [-0.2, -0.15) is 10.5 Å². The molecule has 0 fully saturated rings. The fourth-order valence-corrected chi connectivity index (χ4v) is 16.4. The molecule has 2 aliphatic rings. The van der Waals surface area contributed by atoms with Gasteiger partial charge in [0.25, 0.3) is 0 Å². The second kappa shape index (κ2) is 23.0. The Bertz CT molecular complexity index is 2230. The van der Waals surface area contributed by atoms with Crippen molar-refractivity contribution in [1.82, 2.24) is 10.6 Å². The first-order valence-corrected chi connectivity index (χ1v) is 25.6. The summed E-state index contributed by atoms with van der Waals surface area (Å²) in [5.41, 5.74) is 16.8. The van der Waals surface area contributed by atoms with Crippen LogP contribution in [0.25, 0.3) is 0 Å². The van der Waals surface area contributed by atoms with Gasteiger partial charge in [0, 0.05) is 25.9 Å². The Morgan fingerprint density at radius 2 is 0.683 bits per heavy atom. The van der Waals surface area contributed by atoms with Gasteiger partial charge in [-0.15, -0.1) is 0 Å². The molecule has 0 unspecified atom stereocenters. The van der Waals surface area contributed by atoms with Gasteiger partial charge in [-0.05, 0) is 184 Å². The summed E-state index contributed by atoms with van der Waals surface area (Å²) in [6.45, 7) is 21.0. The fourth-order valence-electron chi connectivity index (χ4n) is 10.1. The smallest absolute Gasteiger partial charge is 0.302 e. The van der Waals surface area contributed by atoms with Crippen molar-refractivity contribution in [2.45, 2.75) is 106 Å². The van der Waals surface area contributed by atoms with Crippen LogP contribution in [0.1, 0.15) is 92.7 Å². The Hall–Kier alpha value is -4.40. The molecule has 2 heterocycles. The topological polar surface area (TPSA) is 71.6 Å². The predicted octanol–water partition coefficient (Wildman–Crippen LogP) is 10.8. The minimum Gasteiger partial charge on any atom is -0.302 e. The average Bonchev–Trinajstić information content (AvgIpc) is 3.20. The van der Waals surface area contributed by atoms with Crippen molar-refractivity contribution < 1.29 is 17.1 Å². The van der Waals surface area contributed by atoms with Crippen molar-refractivity contribution in [3.63, 3.8) is 0 Å². The molecule has 0 saturated carbocycles. The molecule has 6 aromatic rings. The normalized spacial score (nSPS) is 17.4. The molecule has 0 saturated heterocycles. The molecule has 2 aliphatic heterocycles. The average molecular weight is 913 g/mol. The summed E-state index contributed by atoms with van der Waals surface area (Å²) in [6.07, 6.45) is 4.40. The van der Waals surface area contributed by atoms with Crippen molar-refractivity contribution >= 4 is 37.1 Å². The predicted molar refractivity (Wildman–Crippen MR) is 271 cm³/mol. The molecule has 63 heavy (non-hydrogen) atoms. The van der Waals surface area contributed by atoms with E-state index in [0.29, 0.717) is 12.1 Å². The minimum atomic E-state index is -1.08. The zero-order valence-corrected chi connectivity index (χ0v) is 42.0. The third-order valence-electron chi connectivity index (χ3n) is 12.1. The number of nitrogens with one attached hydrogen (secondary N) is 2. The van der Waals surface area contributed by atoms with E-state index in [-0.39, 0.29) is 29.2 Å². The van der Waals surface area contributed by atoms with Crippen LogP contribution < -0.4 is 31.9 Å². The quantitative estimate of drug-likeness (QED) is 0.112. The monoisotopic (exact) mass is 912 g/mol. The third kappa shape index (κ3) is 12.9. The molecule has 8 rings (SSSR count). The molecule has 7 heteroatoms. The fraction of sp³-hybridized carbons (Fsp3) is 0.321. The standard InChI is InChI=1S/C52H58N2P2.2C2H3N.Fe/c1-33-17-34(2)22-45(21-33)55(46-23-35(3)18-36(4)24-46)31-43-29-41-13-9-11-15-49(41)51(53-43)52-50-16-12-10-14-42(50)30-44(54-52)32-56(47-25-37(5)19-38(6)26-47)48-27-39(7)20-40(8)28-48;2*1-2-3;/h9-28,43-44,51-54H,29-32H2,1-8H3;2*1H3;/q;;;+2/p+2/t43-,44-,51-,52-;;;/m0.../s1. The number of aryl methyl sites for hydroxylation is 8. The molecular weight excluding hydrogens is 846 g/mol. The molecule has 0 spiro atoms. The Morgan fingerprint density at radius 3 is 0.937 bits per heavy atom. The Labute approximate surface area is 391 Å². The van der Waals surface area contributed by atoms with Crippen molar-refractivity contribution in [3.8, 4) is 12.1 Å². The zero-order valence-electron chi connectivity index (χ0n) is 38.9. The number of rotatable bonds is 9. The first-order chi connectivity index (χ1) is 29.8. The molecule has 2 N–H and O–H groups in total.